The molecule has 1 aromatic carbocycles. The minimum atomic E-state index is -0.136. The smallest absolute Gasteiger partial charge is 0.223 e. The molecule has 2 aliphatic rings. The van der Waals surface area contributed by atoms with Crippen molar-refractivity contribution in [2.45, 2.75) is 38.5 Å². The van der Waals surface area contributed by atoms with Gasteiger partial charge in [-0.3, -0.25) is 9.59 Å². The van der Waals surface area contributed by atoms with Crippen LogP contribution in [0.3, 0.4) is 0 Å². The Bertz CT molecular complexity index is 548. The van der Waals surface area contributed by atoms with Gasteiger partial charge in [-0.25, -0.2) is 0 Å². The summed E-state index contributed by atoms with van der Waals surface area (Å²) in [6.45, 7) is 0.857. The topological polar surface area (TPSA) is 37.4 Å². The summed E-state index contributed by atoms with van der Waals surface area (Å²) in [6.07, 6.45) is 5.63. The van der Waals surface area contributed by atoms with Gasteiger partial charge in [0.15, 0.2) is 5.78 Å². The first-order chi connectivity index (χ1) is 10.1. The summed E-state index contributed by atoms with van der Waals surface area (Å²) in [5.41, 5.74) is 1.97. The molecule has 3 nitrogen and oxygen atoms in total. The number of hydrogen-bond acceptors (Lipinski definition) is 2. The predicted octanol–water partition coefficient (Wildman–Crippen LogP) is 3.08. The number of amides is 1. The van der Waals surface area contributed by atoms with E-state index in [1.54, 1.807) is 0 Å². The average molecular weight is 285 g/mol. The first kappa shape index (κ1) is 14.3. The van der Waals surface area contributed by atoms with Crippen molar-refractivity contribution in [2.24, 2.45) is 11.8 Å². The first-order valence-corrected chi connectivity index (χ1v) is 8.01. The van der Waals surface area contributed by atoms with Gasteiger partial charge in [-0.1, -0.05) is 24.3 Å². The van der Waals surface area contributed by atoms with Crippen LogP contribution in [0.1, 0.15) is 48.0 Å². The quantitative estimate of drug-likeness (QED) is 0.797. The Morgan fingerprint density at radius 3 is 2.76 bits per heavy atom. The number of rotatable bonds is 4. The standard InChI is InChI=1S/C18H23NO2/c1-19(12-13-9-10-13)17(20)11-15-7-4-6-14-5-2-3-8-16(14)18(15)21/h2-3,5,8,13,15H,4,6-7,9-12H2,1H3. The van der Waals surface area contributed by atoms with Crippen LogP contribution in [0, 0.1) is 11.8 Å². The van der Waals surface area contributed by atoms with Crippen LogP contribution in [0.4, 0.5) is 0 Å². The molecule has 21 heavy (non-hydrogen) atoms. The molecular formula is C18H23NO2. The number of fused-ring (bicyclic) bond motifs is 1. The van der Waals surface area contributed by atoms with Crippen LogP contribution >= 0.6 is 0 Å². The largest absolute Gasteiger partial charge is 0.345 e. The van der Waals surface area contributed by atoms with Crippen molar-refractivity contribution in [1.29, 1.82) is 0 Å². The number of aryl methyl sites for hydroxylation is 1. The lowest BCUT2D eigenvalue weighted by atomic mass is 9.92. The van der Waals surface area contributed by atoms with Crippen molar-refractivity contribution >= 4 is 11.7 Å². The van der Waals surface area contributed by atoms with Crippen molar-refractivity contribution in [2.75, 3.05) is 13.6 Å². The molecule has 1 aromatic rings. The summed E-state index contributed by atoms with van der Waals surface area (Å²) in [6, 6.07) is 7.85. The fraction of sp³-hybridized carbons (Fsp3) is 0.556. The number of hydrogen-bond donors (Lipinski definition) is 0. The highest BCUT2D eigenvalue weighted by molar-refractivity contribution is 6.01. The maximum atomic E-state index is 12.7. The van der Waals surface area contributed by atoms with Gasteiger partial charge >= 0.3 is 0 Å². The second kappa shape index (κ2) is 6.00. The fourth-order valence-electron chi connectivity index (χ4n) is 3.22. The van der Waals surface area contributed by atoms with Crippen molar-refractivity contribution in [3.05, 3.63) is 35.4 Å². The molecular weight excluding hydrogens is 262 g/mol. The van der Waals surface area contributed by atoms with E-state index in [-0.39, 0.29) is 17.6 Å². The van der Waals surface area contributed by atoms with Crippen LogP contribution in [0.15, 0.2) is 24.3 Å². The number of Topliss-reactive ketones (excluding diaryl/α,β-unsaturated/α-hetero) is 1. The Labute approximate surface area is 126 Å². The van der Waals surface area contributed by atoms with Gasteiger partial charge in [0, 0.05) is 31.5 Å². The van der Waals surface area contributed by atoms with E-state index in [1.165, 1.54) is 12.8 Å². The number of ketones is 1. The summed E-state index contributed by atoms with van der Waals surface area (Å²) in [5.74, 6) is 0.850. The van der Waals surface area contributed by atoms with Gasteiger partial charge in [0.25, 0.3) is 0 Å². The molecule has 0 saturated heterocycles. The zero-order chi connectivity index (χ0) is 14.8. The van der Waals surface area contributed by atoms with E-state index in [4.69, 9.17) is 0 Å². The van der Waals surface area contributed by atoms with E-state index in [1.807, 2.05) is 36.2 Å². The van der Waals surface area contributed by atoms with E-state index in [2.05, 4.69) is 0 Å². The molecule has 0 heterocycles. The molecule has 0 spiro atoms. The minimum absolute atomic E-state index is 0.125. The molecule has 1 fully saturated rings. The summed E-state index contributed by atoms with van der Waals surface area (Å²) in [7, 11) is 1.87. The molecule has 1 amide bonds. The Balaban J connectivity index is 1.67. The third-order valence-corrected chi connectivity index (χ3v) is 4.73. The lowest BCUT2D eigenvalue weighted by molar-refractivity contribution is -0.130. The van der Waals surface area contributed by atoms with Crippen LogP contribution in [0.5, 0.6) is 0 Å². The minimum Gasteiger partial charge on any atom is -0.345 e. The van der Waals surface area contributed by atoms with Crippen LogP contribution < -0.4 is 0 Å². The van der Waals surface area contributed by atoms with E-state index in [9.17, 15) is 9.59 Å². The number of carbonyl (C=O) groups is 2. The average Bonchev–Trinajstić information content (AvgIpc) is 3.30. The summed E-state index contributed by atoms with van der Waals surface area (Å²) >= 11 is 0. The van der Waals surface area contributed by atoms with E-state index >= 15 is 0 Å². The van der Waals surface area contributed by atoms with Gasteiger partial charge in [0.1, 0.15) is 0 Å². The molecule has 0 aromatic heterocycles. The zero-order valence-electron chi connectivity index (χ0n) is 12.7. The SMILES string of the molecule is CN(CC1CC1)C(=O)CC1CCCc2ccccc2C1=O. The first-order valence-electron chi connectivity index (χ1n) is 8.01. The molecule has 112 valence electrons. The second-order valence-electron chi connectivity index (χ2n) is 6.53. The van der Waals surface area contributed by atoms with Crippen molar-refractivity contribution in [3.63, 3.8) is 0 Å². The molecule has 2 aliphatic carbocycles. The van der Waals surface area contributed by atoms with E-state index in [0.29, 0.717) is 12.3 Å². The molecule has 0 bridgehead atoms. The highest BCUT2D eigenvalue weighted by atomic mass is 16.2. The Hall–Kier alpha value is -1.64. The number of carbonyl (C=O) groups excluding carboxylic acids is 2. The van der Waals surface area contributed by atoms with Gasteiger partial charge in [-0.05, 0) is 43.6 Å². The molecule has 3 rings (SSSR count). The molecule has 3 heteroatoms. The van der Waals surface area contributed by atoms with Gasteiger partial charge < -0.3 is 4.90 Å². The molecule has 1 unspecified atom stereocenters. The maximum absolute atomic E-state index is 12.7. The lowest BCUT2D eigenvalue weighted by Gasteiger charge is -2.20. The molecule has 1 saturated carbocycles. The van der Waals surface area contributed by atoms with E-state index < -0.39 is 0 Å². The summed E-state index contributed by atoms with van der Waals surface area (Å²) < 4.78 is 0. The van der Waals surface area contributed by atoms with Crippen LogP contribution in [0.25, 0.3) is 0 Å². The van der Waals surface area contributed by atoms with Gasteiger partial charge in [0.05, 0.1) is 0 Å². The Morgan fingerprint density at radius 2 is 2.00 bits per heavy atom. The van der Waals surface area contributed by atoms with Crippen molar-refractivity contribution < 1.29 is 9.59 Å². The highest BCUT2D eigenvalue weighted by Crippen LogP contribution is 2.30. The van der Waals surface area contributed by atoms with Crippen molar-refractivity contribution in [3.8, 4) is 0 Å². The molecule has 1 atom stereocenters. The van der Waals surface area contributed by atoms with Crippen LogP contribution in [-0.2, 0) is 11.2 Å². The Morgan fingerprint density at radius 1 is 1.24 bits per heavy atom. The number of nitrogens with zero attached hydrogens (tertiary/aromatic N) is 1. The predicted molar refractivity (Wildman–Crippen MR) is 82.2 cm³/mol. The normalized spacial score (nSPS) is 21.6. The molecule has 0 radical (unpaired) electrons. The molecule has 0 N–H and O–H groups in total. The summed E-state index contributed by atoms with van der Waals surface area (Å²) in [4.78, 5) is 26.8. The zero-order valence-corrected chi connectivity index (χ0v) is 12.7. The monoisotopic (exact) mass is 285 g/mol. The highest BCUT2D eigenvalue weighted by Gasteiger charge is 2.30. The van der Waals surface area contributed by atoms with Crippen LogP contribution in [0.2, 0.25) is 0 Å². The lowest BCUT2D eigenvalue weighted by Crippen LogP contribution is -2.32. The van der Waals surface area contributed by atoms with Gasteiger partial charge in [-0.2, -0.15) is 0 Å². The maximum Gasteiger partial charge on any atom is 0.223 e. The van der Waals surface area contributed by atoms with E-state index in [0.717, 1.165) is 36.9 Å². The Kier molecular flexibility index (Phi) is 4.09. The van der Waals surface area contributed by atoms with Crippen LogP contribution in [-0.4, -0.2) is 30.2 Å². The summed E-state index contributed by atoms with van der Waals surface area (Å²) in [5, 5.41) is 0. The third kappa shape index (κ3) is 3.34. The van der Waals surface area contributed by atoms with Gasteiger partial charge in [0.2, 0.25) is 5.91 Å². The number of benzene rings is 1. The van der Waals surface area contributed by atoms with Gasteiger partial charge in [-0.15, -0.1) is 0 Å². The fourth-order valence-corrected chi connectivity index (χ4v) is 3.22. The van der Waals surface area contributed by atoms with Crippen molar-refractivity contribution in [1.82, 2.24) is 4.90 Å². The second-order valence-corrected chi connectivity index (χ2v) is 6.53. The third-order valence-electron chi connectivity index (χ3n) is 4.73. The molecule has 0 aliphatic heterocycles.